The molecule has 1 saturated heterocycles. The predicted molar refractivity (Wildman–Crippen MR) is 108 cm³/mol. The van der Waals surface area contributed by atoms with Crippen LogP contribution in [0.15, 0.2) is 0 Å². The summed E-state index contributed by atoms with van der Waals surface area (Å²) in [6.07, 6.45) is 4.25. The zero-order valence-corrected chi connectivity index (χ0v) is 18.7. The zero-order valence-electron chi connectivity index (χ0n) is 18.7. The molecule has 1 amide bonds. The third-order valence-corrected chi connectivity index (χ3v) is 6.04. The standard InChI is InChI=1S/C22H37N3O3/c1-19(2,3)28-18(27)25(24-14-8-9-15-24)22(17(26)21(6,7)16-23)12-10-20(4,5)11-13-22/h8-15H2,1-7H3. The van der Waals surface area contributed by atoms with Crippen molar-refractivity contribution in [1.82, 2.24) is 10.0 Å². The molecule has 6 nitrogen and oxygen atoms in total. The Morgan fingerprint density at radius 2 is 1.50 bits per heavy atom. The minimum Gasteiger partial charge on any atom is -0.443 e. The van der Waals surface area contributed by atoms with Gasteiger partial charge in [-0.25, -0.2) is 14.8 Å². The molecule has 0 unspecified atom stereocenters. The van der Waals surface area contributed by atoms with E-state index < -0.39 is 22.6 Å². The molecule has 6 heteroatoms. The fraction of sp³-hybridized carbons (Fsp3) is 0.864. The topological polar surface area (TPSA) is 73.6 Å². The number of carbonyl (C=O) groups is 2. The van der Waals surface area contributed by atoms with Crippen LogP contribution in [0.1, 0.15) is 87.0 Å². The van der Waals surface area contributed by atoms with Gasteiger partial charge in [-0.2, -0.15) is 5.26 Å². The van der Waals surface area contributed by atoms with Gasteiger partial charge < -0.3 is 4.74 Å². The molecule has 0 atom stereocenters. The second-order valence-corrected chi connectivity index (χ2v) is 10.7. The number of hydrogen-bond acceptors (Lipinski definition) is 5. The van der Waals surface area contributed by atoms with Crippen LogP contribution in [0.4, 0.5) is 4.79 Å². The molecule has 0 spiro atoms. The Morgan fingerprint density at radius 1 is 1.00 bits per heavy atom. The number of hydrazine groups is 1. The van der Waals surface area contributed by atoms with Gasteiger partial charge in [0.2, 0.25) is 0 Å². The Kier molecular flexibility index (Phi) is 6.21. The van der Waals surface area contributed by atoms with Crippen LogP contribution in [0, 0.1) is 22.2 Å². The van der Waals surface area contributed by atoms with Crippen molar-refractivity contribution in [2.45, 2.75) is 98.1 Å². The summed E-state index contributed by atoms with van der Waals surface area (Å²) in [4.78, 5) is 27.1. The van der Waals surface area contributed by atoms with Crippen molar-refractivity contribution in [2.75, 3.05) is 13.1 Å². The van der Waals surface area contributed by atoms with Gasteiger partial charge in [0.25, 0.3) is 0 Å². The van der Waals surface area contributed by atoms with Crippen molar-refractivity contribution in [1.29, 1.82) is 5.26 Å². The summed E-state index contributed by atoms with van der Waals surface area (Å²) in [7, 11) is 0. The van der Waals surface area contributed by atoms with Gasteiger partial charge in [0.1, 0.15) is 16.6 Å². The molecule has 158 valence electrons. The van der Waals surface area contributed by atoms with E-state index >= 15 is 0 Å². The molecule has 2 aliphatic rings. The van der Waals surface area contributed by atoms with Gasteiger partial charge >= 0.3 is 6.09 Å². The second-order valence-electron chi connectivity index (χ2n) is 10.7. The molecule has 0 bridgehead atoms. The van der Waals surface area contributed by atoms with E-state index in [2.05, 4.69) is 19.9 Å². The van der Waals surface area contributed by atoms with Crippen molar-refractivity contribution in [3.8, 4) is 6.07 Å². The average molecular weight is 392 g/mol. The normalized spacial score (nSPS) is 22.4. The fourth-order valence-electron chi connectivity index (χ4n) is 4.27. The summed E-state index contributed by atoms with van der Waals surface area (Å²) >= 11 is 0. The number of ketones is 1. The number of amides is 1. The van der Waals surface area contributed by atoms with Gasteiger partial charge in [0, 0.05) is 13.1 Å². The number of ether oxygens (including phenoxy) is 1. The van der Waals surface area contributed by atoms with Crippen LogP contribution in [0.25, 0.3) is 0 Å². The molecule has 0 aromatic heterocycles. The SMILES string of the molecule is CC1(C)CCC(C(=O)C(C)(C)C#N)(N(C(=O)OC(C)(C)C)N2CCCC2)CC1. The van der Waals surface area contributed by atoms with E-state index in [4.69, 9.17) is 4.74 Å². The number of Topliss-reactive ketones (excluding diaryl/α,β-unsaturated/α-hetero) is 1. The van der Waals surface area contributed by atoms with Crippen LogP contribution in [0.3, 0.4) is 0 Å². The van der Waals surface area contributed by atoms with Gasteiger partial charge in [-0.05, 0) is 78.6 Å². The maximum Gasteiger partial charge on any atom is 0.425 e. The molecular weight excluding hydrogens is 354 g/mol. The first-order valence-corrected chi connectivity index (χ1v) is 10.5. The van der Waals surface area contributed by atoms with Crippen LogP contribution in [0.5, 0.6) is 0 Å². The van der Waals surface area contributed by atoms with E-state index in [0.29, 0.717) is 12.8 Å². The molecule has 0 aromatic carbocycles. The first-order valence-electron chi connectivity index (χ1n) is 10.5. The Morgan fingerprint density at radius 3 is 1.93 bits per heavy atom. The smallest absolute Gasteiger partial charge is 0.425 e. The maximum absolute atomic E-state index is 13.8. The molecule has 2 rings (SSSR count). The van der Waals surface area contributed by atoms with Gasteiger partial charge in [-0.3, -0.25) is 4.79 Å². The minimum atomic E-state index is -1.17. The summed E-state index contributed by atoms with van der Waals surface area (Å²) in [6, 6.07) is 2.17. The van der Waals surface area contributed by atoms with E-state index in [9.17, 15) is 14.9 Å². The van der Waals surface area contributed by atoms with Crippen molar-refractivity contribution in [2.24, 2.45) is 10.8 Å². The van der Waals surface area contributed by atoms with Crippen LogP contribution in [-0.4, -0.2) is 46.1 Å². The molecule has 1 aliphatic heterocycles. The Labute approximate surface area is 170 Å². The Hall–Kier alpha value is -1.61. The van der Waals surface area contributed by atoms with Crippen molar-refractivity contribution in [3.63, 3.8) is 0 Å². The van der Waals surface area contributed by atoms with Crippen LogP contribution < -0.4 is 0 Å². The Bertz CT molecular complexity index is 639. The van der Waals surface area contributed by atoms with E-state index in [1.54, 1.807) is 18.9 Å². The number of carbonyl (C=O) groups excluding carboxylic acids is 2. The highest BCUT2D eigenvalue weighted by Crippen LogP contribution is 2.47. The van der Waals surface area contributed by atoms with Crippen LogP contribution >= 0.6 is 0 Å². The lowest BCUT2D eigenvalue weighted by Gasteiger charge is -2.52. The first-order chi connectivity index (χ1) is 12.7. The molecular formula is C22H37N3O3. The van der Waals surface area contributed by atoms with Crippen molar-refractivity contribution < 1.29 is 14.3 Å². The van der Waals surface area contributed by atoms with Gasteiger partial charge in [0.05, 0.1) is 6.07 Å². The summed E-state index contributed by atoms with van der Waals surface area (Å²) in [5, 5.41) is 13.3. The van der Waals surface area contributed by atoms with Gasteiger partial charge in [0.15, 0.2) is 5.78 Å². The highest BCUT2D eigenvalue weighted by Gasteiger charge is 2.56. The molecule has 1 heterocycles. The average Bonchev–Trinajstić information content (AvgIpc) is 3.08. The van der Waals surface area contributed by atoms with Crippen molar-refractivity contribution >= 4 is 11.9 Å². The number of hydrogen-bond donors (Lipinski definition) is 0. The van der Waals surface area contributed by atoms with Gasteiger partial charge in [-0.15, -0.1) is 0 Å². The summed E-state index contributed by atoms with van der Waals surface area (Å²) in [5.74, 6) is -0.171. The van der Waals surface area contributed by atoms with Gasteiger partial charge in [-0.1, -0.05) is 13.8 Å². The molecule has 0 radical (unpaired) electrons. The highest BCUT2D eigenvalue weighted by atomic mass is 16.6. The number of nitrogens with zero attached hydrogens (tertiary/aromatic N) is 3. The zero-order chi connectivity index (χ0) is 21.4. The van der Waals surface area contributed by atoms with Crippen molar-refractivity contribution in [3.05, 3.63) is 0 Å². The monoisotopic (exact) mass is 391 g/mol. The predicted octanol–water partition coefficient (Wildman–Crippen LogP) is 4.69. The number of nitriles is 1. The second kappa shape index (κ2) is 7.67. The molecule has 1 aliphatic carbocycles. The summed E-state index contributed by atoms with van der Waals surface area (Å²) in [6.45, 7) is 14.7. The van der Waals surface area contributed by atoms with E-state index in [0.717, 1.165) is 38.8 Å². The lowest BCUT2D eigenvalue weighted by atomic mass is 9.63. The third kappa shape index (κ3) is 4.68. The lowest BCUT2D eigenvalue weighted by Crippen LogP contribution is -2.67. The molecule has 28 heavy (non-hydrogen) atoms. The van der Waals surface area contributed by atoms with Crippen LogP contribution in [0.2, 0.25) is 0 Å². The molecule has 0 N–H and O–H groups in total. The van der Waals surface area contributed by atoms with E-state index in [1.807, 2.05) is 25.8 Å². The van der Waals surface area contributed by atoms with E-state index in [1.165, 1.54) is 0 Å². The molecule has 0 aromatic rings. The number of rotatable bonds is 4. The molecule has 1 saturated carbocycles. The maximum atomic E-state index is 13.8. The Balaban J connectivity index is 2.54. The van der Waals surface area contributed by atoms with Crippen LogP contribution in [-0.2, 0) is 9.53 Å². The summed E-state index contributed by atoms with van der Waals surface area (Å²) in [5.41, 5.74) is -2.73. The highest BCUT2D eigenvalue weighted by molar-refractivity contribution is 5.97. The fourth-order valence-corrected chi connectivity index (χ4v) is 4.27. The van der Waals surface area contributed by atoms with E-state index in [-0.39, 0.29) is 11.2 Å². The third-order valence-electron chi connectivity index (χ3n) is 6.04. The quantitative estimate of drug-likeness (QED) is 0.695. The first kappa shape index (κ1) is 22.7. The summed E-state index contributed by atoms with van der Waals surface area (Å²) < 4.78 is 5.75. The lowest BCUT2D eigenvalue weighted by molar-refractivity contribution is -0.160. The largest absolute Gasteiger partial charge is 0.443 e. The molecule has 2 fully saturated rings. The minimum absolute atomic E-state index is 0.116.